The van der Waals surface area contributed by atoms with Crippen LogP contribution in [0.5, 0.6) is 5.75 Å². The van der Waals surface area contributed by atoms with Crippen molar-refractivity contribution in [2.24, 2.45) is 5.92 Å². The molecule has 6 heteroatoms. The van der Waals surface area contributed by atoms with Crippen molar-refractivity contribution in [3.05, 3.63) is 48.3 Å². The first-order chi connectivity index (χ1) is 13.2. The van der Waals surface area contributed by atoms with Crippen molar-refractivity contribution in [2.75, 3.05) is 40.3 Å². The lowest BCUT2D eigenvalue weighted by atomic mass is 9.96. The number of rotatable bonds is 8. The molecule has 0 N–H and O–H groups in total. The van der Waals surface area contributed by atoms with Gasteiger partial charge in [0.25, 0.3) is 0 Å². The molecule has 1 aromatic carbocycles. The van der Waals surface area contributed by atoms with Crippen LogP contribution in [-0.4, -0.2) is 65.8 Å². The van der Waals surface area contributed by atoms with Gasteiger partial charge in [0.1, 0.15) is 12.3 Å². The highest BCUT2D eigenvalue weighted by Gasteiger charge is 2.22. The van der Waals surface area contributed by atoms with Crippen LogP contribution in [0.3, 0.4) is 0 Å². The molecule has 1 aromatic heterocycles. The summed E-state index contributed by atoms with van der Waals surface area (Å²) in [4.78, 5) is 16.7. The van der Waals surface area contributed by atoms with E-state index in [0.29, 0.717) is 12.5 Å². The maximum atomic E-state index is 12.3. The summed E-state index contributed by atoms with van der Waals surface area (Å²) in [7, 11) is 3.63. The number of para-hydroxylation sites is 1. The predicted molar refractivity (Wildman–Crippen MR) is 106 cm³/mol. The summed E-state index contributed by atoms with van der Waals surface area (Å²) in [6.45, 7) is 4.41. The van der Waals surface area contributed by atoms with Gasteiger partial charge in [-0.3, -0.25) is 9.48 Å². The number of piperidine rings is 1. The molecule has 27 heavy (non-hydrogen) atoms. The minimum absolute atomic E-state index is 0.123. The van der Waals surface area contributed by atoms with Crippen LogP contribution in [0, 0.1) is 5.92 Å². The first-order valence-corrected chi connectivity index (χ1v) is 9.71. The zero-order chi connectivity index (χ0) is 19.1. The van der Waals surface area contributed by atoms with E-state index < -0.39 is 0 Å². The number of benzene rings is 1. The van der Waals surface area contributed by atoms with Gasteiger partial charge in [-0.2, -0.15) is 5.10 Å². The minimum Gasteiger partial charge on any atom is -0.496 e. The Balaban J connectivity index is 1.39. The summed E-state index contributed by atoms with van der Waals surface area (Å²) < 4.78 is 7.12. The number of likely N-dealkylation sites (N-methyl/N-ethyl adjacent to an activating group) is 1. The smallest absolute Gasteiger partial charge is 0.244 e. The average molecular weight is 370 g/mol. The second-order valence-electron chi connectivity index (χ2n) is 7.32. The van der Waals surface area contributed by atoms with Gasteiger partial charge in [0.05, 0.1) is 7.11 Å². The number of hydrogen-bond acceptors (Lipinski definition) is 4. The molecule has 0 aliphatic carbocycles. The summed E-state index contributed by atoms with van der Waals surface area (Å²) in [6, 6.07) is 10.1. The maximum absolute atomic E-state index is 12.3. The van der Waals surface area contributed by atoms with Crippen LogP contribution in [0.1, 0.15) is 18.4 Å². The monoisotopic (exact) mass is 370 g/mol. The van der Waals surface area contributed by atoms with Crippen molar-refractivity contribution in [1.29, 1.82) is 0 Å². The van der Waals surface area contributed by atoms with E-state index in [1.807, 2.05) is 36.3 Å². The number of methoxy groups -OCH3 is 1. The van der Waals surface area contributed by atoms with Crippen LogP contribution in [0.4, 0.5) is 0 Å². The molecular weight excluding hydrogens is 340 g/mol. The van der Waals surface area contributed by atoms with Crippen molar-refractivity contribution in [1.82, 2.24) is 19.6 Å². The lowest BCUT2D eigenvalue weighted by molar-refractivity contribution is -0.131. The van der Waals surface area contributed by atoms with Gasteiger partial charge in [0.15, 0.2) is 0 Å². The number of nitrogens with zero attached hydrogens (tertiary/aromatic N) is 4. The van der Waals surface area contributed by atoms with Crippen molar-refractivity contribution < 1.29 is 9.53 Å². The fourth-order valence-corrected chi connectivity index (χ4v) is 3.72. The highest BCUT2D eigenvalue weighted by molar-refractivity contribution is 5.75. The first-order valence-electron chi connectivity index (χ1n) is 9.71. The number of hydrogen-bond donors (Lipinski definition) is 0. The van der Waals surface area contributed by atoms with Gasteiger partial charge in [0.2, 0.25) is 5.91 Å². The Kier molecular flexibility index (Phi) is 6.87. The molecular formula is C21H30N4O2. The van der Waals surface area contributed by atoms with Crippen molar-refractivity contribution in [3.8, 4) is 5.75 Å². The summed E-state index contributed by atoms with van der Waals surface area (Å²) >= 11 is 0. The zero-order valence-corrected chi connectivity index (χ0v) is 16.4. The van der Waals surface area contributed by atoms with Gasteiger partial charge in [-0.15, -0.1) is 0 Å². The Morgan fingerprint density at radius 1 is 1.26 bits per heavy atom. The zero-order valence-electron chi connectivity index (χ0n) is 16.4. The van der Waals surface area contributed by atoms with E-state index in [9.17, 15) is 4.79 Å². The molecule has 6 nitrogen and oxygen atoms in total. The molecule has 0 unspecified atom stereocenters. The van der Waals surface area contributed by atoms with E-state index in [0.717, 1.165) is 51.2 Å². The van der Waals surface area contributed by atoms with Gasteiger partial charge in [-0.25, -0.2) is 0 Å². The molecule has 1 aliphatic rings. The Bertz CT molecular complexity index is 709. The van der Waals surface area contributed by atoms with E-state index in [4.69, 9.17) is 4.74 Å². The minimum atomic E-state index is 0.123. The average Bonchev–Trinajstić information content (AvgIpc) is 3.20. The lowest BCUT2D eigenvalue weighted by Crippen LogP contribution is -2.40. The van der Waals surface area contributed by atoms with Crippen molar-refractivity contribution in [3.63, 3.8) is 0 Å². The van der Waals surface area contributed by atoms with Gasteiger partial charge in [-0.05, 0) is 56.0 Å². The predicted octanol–water partition coefficient (Wildman–Crippen LogP) is 2.30. The molecule has 1 aliphatic heterocycles. The third kappa shape index (κ3) is 5.57. The van der Waals surface area contributed by atoms with E-state index in [2.05, 4.69) is 22.1 Å². The fraction of sp³-hybridized carbons (Fsp3) is 0.524. The SMILES string of the molecule is COc1ccccc1CCN1CCC(CN(C)C(=O)Cn2cccn2)CC1. The molecule has 0 saturated carbocycles. The number of amides is 1. The maximum Gasteiger partial charge on any atom is 0.244 e. The van der Waals surface area contributed by atoms with Crippen molar-refractivity contribution >= 4 is 5.91 Å². The first kappa shape index (κ1) is 19.4. The second-order valence-corrected chi connectivity index (χ2v) is 7.32. The van der Waals surface area contributed by atoms with Gasteiger partial charge >= 0.3 is 0 Å². The molecule has 0 radical (unpaired) electrons. The van der Waals surface area contributed by atoms with E-state index >= 15 is 0 Å². The highest BCUT2D eigenvalue weighted by atomic mass is 16.5. The van der Waals surface area contributed by atoms with Crippen molar-refractivity contribution in [2.45, 2.75) is 25.8 Å². The summed E-state index contributed by atoms with van der Waals surface area (Å²) in [5.74, 6) is 1.68. The molecule has 0 spiro atoms. The number of carbonyl (C=O) groups is 1. The quantitative estimate of drug-likeness (QED) is 0.716. The molecule has 2 aromatic rings. The molecule has 0 atom stereocenters. The Morgan fingerprint density at radius 2 is 2.04 bits per heavy atom. The summed E-state index contributed by atoms with van der Waals surface area (Å²) in [6.07, 6.45) is 6.83. The molecule has 0 bridgehead atoms. The van der Waals surface area contributed by atoms with E-state index in [1.54, 1.807) is 18.0 Å². The number of aromatic nitrogens is 2. The van der Waals surface area contributed by atoms with Crippen LogP contribution in [0.25, 0.3) is 0 Å². The van der Waals surface area contributed by atoms with Crippen LogP contribution in [0.2, 0.25) is 0 Å². The van der Waals surface area contributed by atoms with Crippen LogP contribution < -0.4 is 4.74 Å². The third-order valence-electron chi connectivity index (χ3n) is 5.41. The van der Waals surface area contributed by atoms with E-state index in [1.165, 1.54) is 5.56 Å². The summed E-state index contributed by atoms with van der Waals surface area (Å²) in [5.41, 5.74) is 1.27. The van der Waals surface area contributed by atoms with Gasteiger partial charge in [0, 0.05) is 32.5 Å². The summed E-state index contributed by atoms with van der Waals surface area (Å²) in [5, 5.41) is 4.11. The molecule has 1 amide bonds. The number of carbonyl (C=O) groups excluding carboxylic acids is 1. The molecule has 1 fully saturated rings. The molecule has 2 heterocycles. The van der Waals surface area contributed by atoms with E-state index in [-0.39, 0.29) is 5.91 Å². The van der Waals surface area contributed by atoms with Crippen LogP contribution in [0.15, 0.2) is 42.7 Å². The Hall–Kier alpha value is -2.34. The fourth-order valence-electron chi connectivity index (χ4n) is 3.72. The molecule has 146 valence electrons. The van der Waals surface area contributed by atoms with Crippen LogP contribution in [-0.2, 0) is 17.8 Å². The second kappa shape index (κ2) is 9.55. The topological polar surface area (TPSA) is 50.6 Å². The Labute approximate surface area is 161 Å². The van der Waals surface area contributed by atoms with Crippen LogP contribution >= 0.6 is 0 Å². The normalized spacial score (nSPS) is 15.6. The van der Waals surface area contributed by atoms with Gasteiger partial charge in [-0.1, -0.05) is 18.2 Å². The Morgan fingerprint density at radius 3 is 2.74 bits per heavy atom. The largest absolute Gasteiger partial charge is 0.496 e. The number of ether oxygens (including phenoxy) is 1. The van der Waals surface area contributed by atoms with Gasteiger partial charge < -0.3 is 14.5 Å². The molecule has 3 rings (SSSR count). The number of likely N-dealkylation sites (tertiary alicyclic amines) is 1. The lowest BCUT2D eigenvalue weighted by Gasteiger charge is -2.34. The molecule has 1 saturated heterocycles. The third-order valence-corrected chi connectivity index (χ3v) is 5.41. The standard InChI is InChI=1S/C21H30N4O2/c1-23(21(26)17-25-12-5-11-22-25)16-18-8-13-24(14-9-18)15-10-19-6-3-4-7-20(19)27-2/h3-7,11-12,18H,8-10,13-17H2,1-2H3. The highest BCUT2D eigenvalue weighted by Crippen LogP contribution is 2.21.